The zero-order chi connectivity index (χ0) is 20.1. The second-order valence-corrected chi connectivity index (χ2v) is 6.16. The van der Waals surface area contributed by atoms with Gasteiger partial charge in [0.25, 0.3) is 0 Å². The average Bonchev–Trinajstić information content (AvgIpc) is 3.07. The van der Waals surface area contributed by atoms with Gasteiger partial charge in [0.2, 0.25) is 11.9 Å². The van der Waals surface area contributed by atoms with Crippen LogP contribution in [0.5, 0.6) is 0 Å². The van der Waals surface area contributed by atoms with Gasteiger partial charge in [-0.15, -0.1) is 0 Å². The summed E-state index contributed by atoms with van der Waals surface area (Å²) in [5, 5.41) is 5.72. The maximum Gasteiger partial charge on any atom is 0.416 e. The van der Waals surface area contributed by atoms with E-state index in [1.807, 2.05) is 24.3 Å². The number of amides is 1. The van der Waals surface area contributed by atoms with Crippen molar-refractivity contribution in [3.8, 4) is 0 Å². The van der Waals surface area contributed by atoms with Crippen LogP contribution in [-0.4, -0.2) is 36.1 Å². The standard InChI is InChI=1S/C19H19F3N4O2/c1-28-11-17(27)23-10-16(12-5-4-6-13(9-12)19(20,21)22)26-18-24-14-7-2-3-8-15(14)25-18/h2-9,16H,10-11H2,1H3,(H,23,27)(H2,24,25,26). The van der Waals surface area contributed by atoms with Gasteiger partial charge in [-0.2, -0.15) is 13.2 Å². The molecule has 2 aromatic carbocycles. The lowest BCUT2D eigenvalue weighted by Gasteiger charge is -2.20. The number of para-hydroxylation sites is 2. The maximum absolute atomic E-state index is 13.1. The van der Waals surface area contributed by atoms with Crippen LogP contribution in [0.25, 0.3) is 11.0 Å². The summed E-state index contributed by atoms with van der Waals surface area (Å²) in [6, 6.07) is 11.7. The molecular weight excluding hydrogens is 373 g/mol. The Morgan fingerprint density at radius 2 is 2.00 bits per heavy atom. The van der Waals surface area contributed by atoms with Crippen LogP contribution < -0.4 is 10.6 Å². The smallest absolute Gasteiger partial charge is 0.375 e. The van der Waals surface area contributed by atoms with Gasteiger partial charge >= 0.3 is 6.18 Å². The van der Waals surface area contributed by atoms with Crippen molar-refractivity contribution in [2.24, 2.45) is 0 Å². The average molecular weight is 392 g/mol. The van der Waals surface area contributed by atoms with Crippen LogP contribution in [0.2, 0.25) is 0 Å². The van der Waals surface area contributed by atoms with Gasteiger partial charge < -0.3 is 20.4 Å². The molecule has 0 radical (unpaired) electrons. The molecule has 1 unspecified atom stereocenters. The van der Waals surface area contributed by atoms with Crippen LogP contribution in [0.3, 0.4) is 0 Å². The van der Waals surface area contributed by atoms with Gasteiger partial charge in [-0.05, 0) is 29.8 Å². The molecule has 6 nitrogen and oxygen atoms in total. The highest BCUT2D eigenvalue weighted by molar-refractivity contribution is 5.78. The highest BCUT2D eigenvalue weighted by Gasteiger charge is 2.31. The minimum Gasteiger partial charge on any atom is -0.375 e. The molecular formula is C19H19F3N4O2. The Hall–Kier alpha value is -3.07. The fourth-order valence-electron chi connectivity index (χ4n) is 2.77. The van der Waals surface area contributed by atoms with E-state index in [2.05, 4.69) is 20.6 Å². The van der Waals surface area contributed by atoms with Crippen molar-refractivity contribution in [3.63, 3.8) is 0 Å². The van der Waals surface area contributed by atoms with E-state index in [0.29, 0.717) is 11.5 Å². The number of imidazole rings is 1. The number of aromatic amines is 1. The van der Waals surface area contributed by atoms with Crippen molar-refractivity contribution >= 4 is 22.9 Å². The molecule has 0 saturated heterocycles. The third-order valence-electron chi connectivity index (χ3n) is 4.10. The first-order valence-electron chi connectivity index (χ1n) is 8.51. The van der Waals surface area contributed by atoms with E-state index in [9.17, 15) is 18.0 Å². The van der Waals surface area contributed by atoms with E-state index in [1.165, 1.54) is 13.2 Å². The fourth-order valence-corrected chi connectivity index (χ4v) is 2.77. The van der Waals surface area contributed by atoms with Crippen LogP contribution in [0.15, 0.2) is 48.5 Å². The summed E-state index contributed by atoms with van der Waals surface area (Å²) in [5.74, 6) is 0.0236. The summed E-state index contributed by atoms with van der Waals surface area (Å²) in [7, 11) is 1.39. The monoisotopic (exact) mass is 392 g/mol. The largest absolute Gasteiger partial charge is 0.416 e. The van der Waals surface area contributed by atoms with Crippen LogP contribution in [0, 0.1) is 0 Å². The molecule has 0 aliphatic carbocycles. The van der Waals surface area contributed by atoms with E-state index in [4.69, 9.17) is 4.74 Å². The van der Waals surface area contributed by atoms with Crippen molar-refractivity contribution in [2.45, 2.75) is 12.2 Å². The molecule has 3 N–H and O–H groups in total. The Kier molecular flexibility index (Phi) is 5.84. The minimum atomic E-state index is -4.46. The molecule has 0 saturated carbocycles. The highest BCUT2D eigenvalue weighted by atomic mass is 19.4. The number of benzene rings is 2. The molecule has 9 heteroatoms. The zero-order valence-electron chi connectivity index (χ0n) is 15.0. The van der Waals surface area contributed by atoms with Crippen molar-refractivity contribution < 1.29 is 22.7 Å². The molecule has 0 bridgehead atoms. The summed E-state index contributed by atoms with van der Waals surface area (Å²) in [4.78, 5) is 19.2. The lowest BCUT2D eigenvalue weighted by molar-refractivity contribution is -0.137. The quantitative estimate of drug-likeness (QED) is 0.575. The molecule has 28 heavy (non-hydrogen) atoms. The predicted octanol–water partition coefficient (Wildman–Crippen LogP) is 3.50. The molecule has 148 valence electrons. The molecule has 1 heterocycles. The van der Waals surface area contributed by atoms with Crippen molar-refractivity contribution in [1.29, 1.82) is 0 Å². The number of anilines is 1. The summed E-state index contributed by atoms with van der Waals surface area (Å²) in [5.41, 5.74) is 1.12. The number of carbonyl (C=O) groups is 1. The third kappa shape index (κ3) is 4.80. The van der Waals surface area contributed by atoms with E-state index >= 15 is 0 Å². The molecule has 0 aliphatic heterocycles. The molecule has 0 fully saturated rings. The Labute approximate surface area is 159 Å². The van der Waals surface area contributed by atoms with Crippen molar-refractivity contribution in [2.75, 3.05) is 25.6 Å². The summed E-state index contributed by atoms with van der Waals surface area (Å²) >= 11 is 0. The van der Waals surface area contributed by atoms with E-state index < -0.39 is 17.8 Å². The van der Waals surface area contributed by atoms with Gasteiger partial charge in [0.15, 0.2) is 0 Å². The Bertz CT molecular complexity index is 923. The molecule has 1 amide bonds. The number of fused-ring (bicyclic) bond motifs is 1. The first-order chi connectivity index (χ1) is 13.4. The van der Waals surface area contributed by atoms with E-state index in [0.717, 1.165) is 23.2 Å². The van der Waals surface area contributed by atoms with Crippen LogP contribution in [0.1, 0.15) is 17.2 Å². The molecule has 3 rings (SSSR count). The topological polar surface area (TPSA) is 79.0 Å². The number of rotatable bonds is 7. The van der Waals surface area contributed by atoms with Crippen LogP contribution in [-0.2, 0) is 15.7 Å². The minimum absolute atomic E-state index is 0.0561. The third-order valence-corrected chi connectivity index (χ3v) is 4.10. The van der Waals surface area contributed by atoms with Crippen LogP contribution >= 0.6 is 0 Å². The van der Waals surface area contributed by atoms with Crippen molar-refractivity contribution in [1.82, 2.24) is 15.3 Å². The maximum atomic E-state index is 13.1. The van der Waals surface area contributed by atoms with Crippen LogP contribution in [0.4, 0.5) is 19.1 Å². The Morgan fingerprint density at radius 3 is 2.71 bits per heavy atom. The van der Waals surface area contributed by atoms with Gasteiger partial charge in [-0.25, -0.2) is 4.98 Å². The van der Waals surface area contributed by atoms with Gasteiger partial charge in [-0.1, -0.05) is 24.3 Å². The zero-order valence-corrected chi connectivity index (χ0v) is 15.0. The van der Waals surface area contributed by atoms with Gasteiger partial charge in [0.05, 0.1) is 22.6 Å². The Morgan fingerprint density at radius 1 is 1.21 bits per heavy atom. The number of methoxy groups -OCH3 is 1. The lowest BCUT2D eigenvalue weighted by atomic mass is 10.0. The van der Waals surface area contributed by atoms with Gasteiger partial charge in [0.1, 0.15) is 6.61 Å². The molecule has 0 spiro atoms. The number of hydrogen-bond acceptors (Lipinski definition) is 4. The molecule has 1 aromatic heterocycles. The summed E-state index contributed by atoms with van der Waals surface area (Å²) in [6.07, 6.45) is -4.46. The van der Waals surface area contributed by atoms with E-state index in [1.54, 1.807) is 6.07 Å². The molecule has 1 atom stereocenters. The van der Waals surface area contributed by atoms with Gasteiger partial charge in [-0.3, -0.25) is 4.79 Å². The Balaban J connectivity index is 1.87. The molecule has 0 aliphatic rings. The highest BCUT2D eigenvalue weighted by Crippen LogP contribution is 2.31. The predicted molar refractivity (Wildman–Crippen MR) is 98.8 cm³/mol. The number of H-pyrrole nitrogens is 1. The SMILES string of the molecule is COCC(=O)NCC(Nc1nc2ccccc2[nH]1)c1cccc(C(F)(F)F)c1. The number of nitrogens with one attached hydrogen (secondary N) is 3. The first kappa shape index (κ1) is 19.7. The number of aromatic nitrogens is 2. The first-order valence-corrected chi connectivity index (χ1v) is 8.51. The normalized spacial score (nSPS) is 12.7. The number of carbonyl (C=O) groups excluding carboxylic acids is 1. The number of alkyl halides is 3. The number of nitrogens with zero attached hydrogens (tertiary/aromatic N) is 1. The lowest BCUT2D eigenvalue weighted by Crippen LogP contribution is -2.34. The number of hydrogen-bond donors (Lipinski definition) is 3. The number of halogens is 3. The second-order valence-electron chi connectivity index (χ2n) is 6.16. The fraction of sp³-hybridized carbons (Fsp3) is 0.263. The summed E-state index contributed by atoms with van der Waals surface area (Å²) in [6.45, 7) is -0.0828. The number of ether oxygens (including phenoxy) is 1. The summed E-state index contributed by atoms with van der Waals surface area (Å²) < 4.78 is 44.0. The second kappa shape index (κ2) is 8.30. The van der Waals surface area contributed by atoms with Crippen molar-refractivity contribution in [3.05, 3.63) is 59.7 Å². The molecule has 3 aromatic rings. The van der Waals surface area contributed by atoms with E-state index in [-0.39, 0.29) is 19.1 Å². The van der Waals surface area contributed by atoms with Gasteiger partial charge in [0, 0.05) is 13.7 Å².